The zero-order valence-electron chi connectivity index (χ0n) is 11.3. The molecule has 1 aromatic carbocycles. The van der Waals surface area contributed by atoms with Crippen LogP contribution in [0.2, 0.25) is 0 Å². The van der Waals surface area contributed by atoms with Crippen molar-refractivity contribution in [3.05, 3.63) is 35.4 Å². The summed E-state index contributed by atoms with van der Waals surface area (Å²) in [5, 5.41) is 9.19. The van der Waals surface area contributed by atoms with Crippen LogP contribution in [0.15, 0.2) is 24.3 Å². The lowest BCUT2D eigenvalue weighted by Gasteiger charge is -2.29. The Hall–Kier alpha value is -1.84. The molecule has 0 unspecified atom stereocenters. The number of amides is 1. The average molecular weight is 261 g/mol. The van der Waals surface area contributed by atoms with Gasteiger partial charge in [-0.1, -0.05) is 18.2 Å². The van der Waals surface area contributed by atoms with Crippen LogP contribution in [0.25, 0.3) is 0 Å². The standard InChI is InChI=1S/C15H19NO3/c1-15(2,14(18)19)10-16-9-5-7-11-6-3-4-8-12(11)13(16)17/h3-4,6,8H,5,7,9-10H2,1-2H3,(H,18,19). The van der Waals surface area contributed by atoms with E-state index in [4.69, 9.17) is 0 Å². The van der Waals surface area contributed by atoms with Gasteiger partial charge in [0.25, 0.3) is 5.91 Å². The number of carbonyl (C=O) groups excluding carboxylic acids is 1. The number of nitrogens with zero attached hydrogens (tertiary/aromatic N) is 1. The largest absolute Gasteiger partial charge is 0.481 e. The molecule has 1 aliphatic heterocycles. The van der Waals surface area contributed by atoms with Gasteiger partial charge in [0.1, 0.15) is 0 Å². The highest BCUT2D eigenvalue weighted by Crippen LogP contribution is 2.23. The van der Waals surface area contributed by atoms with Crippen LogP contribution in [0.5, 0.6) is 0 Å². The lowest BCUT2D eigenvalue weighted by Crippen LogP contribution is -2.42. The molecule has 0 spiro atoms. The monoisotopic (exact) mass is 261 g/mol. The van der Waals surface area contributed by atoms with Crippen LogP contribution in [-0.2, 0) is 11.2 Å². The maximum Gasteiger partial charge on any atom is 0.310 e. The van der Waals surface area contributed by atoms with E-state index in [1.165, 1.54) is 0 Å². The van der Waals surface area contributed by atoms with Crippen molar-refractivity contribution >= 4 is 11.9 Å². The summed E-state index contributed by atoms with van der Waals surface area (Å²) in [5.41, 5.74) is 0.846. The highest BCUT2D eigenvalue weighted by molar-refractivity contribution is 5.96. The molecule has 0 radical (unpaired) electrons. The number of hydrogen-bond acceptors (Lipinski definition) is 2. The zero-order valence-corrected chi connectivity index (χ0v) is 11.3. The van der Waals surface area contributed by atoms with E-state index in [9.17, 15) is 14.7 Å². The van der Waals surface area contributed by atoms with E-state index in [0.29, 0.717) is 12.1 Å². The first-order valence-electron chi connectivity index (χ1n) is 6.52. The molecule has 1 aromatic rings. The molecule has 0 aliphatic carbocycles. The van der Waals surface area contributed by atoms with Crippen molar-refractivity contribution in [3.63, 3.8) is 0 Å². The summed E-state index contributed by atoms with van der Waals surface area (Å²) >= 11 is 0. The summed E-state index contributed by atoms with van der Waals surface area (Å²) in [5.74, 6) is -0.930. The molecule has 0 saturated carbocycles. The second-order valence-corrected chi connectivity index (χ2v) is 5.68. The molecule has 1 amide bonds. The van der Waals surface area contributed by atoms with Gasteiger partial charge in [-0.15, -0.1) is 0 Å². The molecule has 0 atom stereocenters. The van der Waals surface area contributed by atoms with Crippen molar-refractivity contribution in [1.29, 1.82) is 0 Å². The maximum absolute atomic E-state index is 12.5. The summed E-state index contributed by atoms with van der Waals surface area (Å²) in [6.07, 6.45) is 1.74. The normalized spacial score (nSPS) is 15.9. The molecule has 4 nitrogen and oxygen atoms in total. The van der Waals surface area contributed by atoms with E-state index in [2.05, 4.69) is 0 Å². The first kappa shape index (κ1) is 13.6. The Kier molecular flexibility index (Phi) is 3.60. The molecule has 4 heteroatoms. The molecule has 19 heavy (non-hydrogen) atoms. The molecule has 1 heterocycles. The van der Waals surface area contributed by atoms with E-state index in [-0.39, 0.29) is 12.5 Å². The molecule has 2 rings (SSSR count). The Bertz CT molecular complexity index is 508. The van der Waals surface area contributed by atoms with Crippen molar-refractivity contribution in [2.75, 3.05) is 13.1 Å². The number of aryl methyl sites for hydroxylation is 1. The third-order valence-corrected chi connectivity index (χ3v) is 3.57. The van der Waals surface area contributed by atoms with Gasteiger partial charge in [-0.3, -0.25) is 9.59 Å². The van der Waals surface area contributed by atoms with E-state index >= 15 is 0 Å². The fourth-order valence-electron chi connectivity index (χ4n) is 2.37. The van der Waals surface area contributed by atoms with Crippen LogP contribution >= 0.6 is 0 Å². The third-order valence-electron chi connectivity index (χ3n) is 3.57. The maximum atomic E-state index is 12.5. The van der Waals surface area contributed by atoms with Gasteiger partial charge in [0.05, 0.1) is 5.41 Å². The number of benzene rings is 1. The topological polar surface area (TPSA) is 57.6 Å². The summed E-state index contributed by atoms with van der Waals surface area (Å²) in [7, 11) is 0. The average Bonchev–Trinajstić information content (AvgIpc) is 2.50. The van der Waals surface area contributed by atoms with Crippen molar-refractivity contribution in [2.45, 2.75) is 26.7 Å². The van der Waals surface area contributed by atoms with Crippen LogP contribution in [0.3, 0.4) is 0 Å². The lowest BCUT2D eigenvalue weighted by molar-refractivity contribution is -0.147. The van der Waals surface area contributed by atoms with Crippen LogP contribution in [0.4, 0.5) is 0 Å². The van der Waals surface area contributed by atoms with Crippen molar-refractivity contribution in [1.82, 2.24) is 4.90 Å². The molecular formula is C15H19NO3. The Labute approximate surface area is 113 Å². The van der Waals surface area contributed by atoms with Crippen molar-refractivity contribution in [3.8, 4) is 0 Å². The lowest BCUT2D eigenvalue weighted by atomic mass is 9.93. The Morgan fingerprint density at radius 3 is 2.74 bits per heavy atom. The minimum Gasteiger partial charge on any atom is -0.481 e. The van der Waals surface area contributed by atoms with Gasteiger partial charge in [0.2, 0.25) is 0 Å². The Balaban J connectivity index is 2.25. The Morgan fingerprint density at radius 1 is 1.37 bits per heavy atom. The van der Waals surface area contributed by atoms with Gasteiger partial charge in [0.15, 0.2) is 0 Å². The van der Waals surface area contributed by atoms with E-state index in [0.717, 1.165) is 18.4 Å². The van der Waals surface area contributed by atoms with E-state index in [1.54, 1.807) is 18.7 Å². The van der Waals surface area contributed by atoms with E-state index < -0.39 is 11.4 Å². The number of carbonyl (C=O) groups is 2. The molecule has 0 bridgehead atoms. The second kappa shape index (κ2) is 5.03. The third kappa shape index (κ3) is 2.78. The summed E-state index contributed by atoms with van der Waals surface area (Å²) in [4.78, 5) is 25.3. The molecule has 1 N–H and O–H groups in total. The quantitative estimate of drug-likeness (QED) is 0.907. The summed E-state index contributed by atoms with van der Waals surface area (Å²) in [6, 6.07) is 7.58. The number of hydrogen-bond donors (Lipinski definition) is 1. The highest BCUT2D eigenvalue weighted by Gasteiger charge is 2.33. The van der Waals surface area contributed by atoms with Gasteiger partial charge in [-0.2, -0.15) is 0 Å². The SMILES string of the molecule is CC(C)(CN1CCCc2ccccc2C1=O)C(=O)O. The van der Waals surface area contributed by atoms with Crippen LogP contribution < -0.4 is 0 Å². The molecular weight excluding hydrogens is 242 g/mol. The smallest absolute Gasteiger partial charge is 0.310 e. The predicted octanol–water partition coefficient (Wildman–Crippen LogP) is 2.19. The van der Waals surface area contributed by atoms with Gasteiger partial charge in [0, 0.05) is 18.7 Å². The van der Waals surface area contributed by atoms with Gasteiger partial charge >= 0.3 is 5.97 Å². The fraction of sp³-hybridized carbons (Fsp3) is 0.467. The first-order valence-corrected chi connectivity index (χ1v) is 6.52. The predicted molar refractivity (Wildman–Crippen MR) is 72.1 cm³/mol. The van der Waals surface area contributed by atoms with Gasteiger partial charge in [-0.05, 0) is 38.3 Å². The van der Waals surface area contributed by atoms with Crippen molar-refractivity contribution in [2.24, 2.45) is 5.41 Å². The second-order valence-electron chi connectivity index (χ2n) is 5.68. The summed E-state index contributed by atoms with van der Waals surface area (Å²) in [6.45, 7) is 4.17. The number of rotatable bonds is 3. The summed E-state index contributed by atoms with van der Waals surface area (Å²) < 4.78 is 0. The number of aliphatic carboxylic acids is 1. The number of carboxylic acid groups (broad SMARTS) is 1. The van der Waals surface area contributed by atoms with E-state index in [1.807, 2.05) is 24.3 Å². The zero-order chi connectivity index (χ0) is 14.0. The van der Waals surface area contributed by atoms with Crippen LogP contribution in [0.1, 0.15) is 36.2 Å². The minimum atomic E-state index is -0.922. The van der Waals surface area contributed by atoms with Crippen LogP contribution in [0, 0.1) is 5.41 Å². The molecule has 0 fully saturated rings. The molecule has 102 valence electrons. The number of fused-ring (bicyclic) bond motifs is 1. The fourth-order valence-corrected chi connectivity index (χ4v) is 2.37. The molecule has 1 aliphatic rings. The number of carboxylic acids is 1. The van der Waals surface area contributed by atoms with Crippen molar-refractivity contribution < 1.29 is 14.7 Å². The molecule has 0 aromatic heterocycles. The minimum absolute atomic E-state index is 0.0533. The Morgan fingerprint density at radius 2 is 2.05 bits per heavy atom. The van der Waals surface area contributed by atoms with Gasteiger partial charge in [-0.25, -0.2) is 0 Å². The highest BCUT2D eigenvalue weighted by atomic mass is 16.4. The first-order chi connectivity index (χ1) is 8.92. The van der Waals surface area contributed by atoms with Crippen LogP contribution in [-0.4, -0.2) is 35.0 Å². The van der Waals surface area contributed by atoms with Gasteiger partial charge < -0.3 is 10.0 Å². The molecule has 0 saturated heterocycles.